The van der Waals surface area contributed by atoms with Crippen LogP contribution in [0.2, 0.25) is 5.02 Å². The molecule has 0 spiro atoms. The molecule has 0 saturated carbocycles. The van der Waals surface area contributed by atoms with Crippen molar-refractivity contribution in [2.45, 2.75) is 38.3 Å². The number of likely N-dealkylation sites (tertiary alicyclic amines) is 1. The van der Waals surface area contributed by atoms with Gasteiger partial charge < -0.3 is 10.6 Å². The molecule has 2 N–H and O–H groups in total. The number of hydrogen-bond acceptors (Lipinski definition) is 2. The fourth-order valence-electron chi connectivity index (χ4n) is 2.38. The number of halogens is 1. The van der Waals surface area contributed by atoms with Crippen molar-refractivity contribution in [3.8, 4) is 0 Å². The molecule has 1 amide bonds. The van der Waals surface area contributed by atoms with Crippen LogP contribution < -0.4 is 5.73 Å². The average molecular weight is 267 g/mol. The molecule has 1 aromatic carbocycles. The number of amides is 1. The van der Waals surface area contributed by atoms with E-state index in [-0.39, 0.29) is 17.5 Å². The standard InChI is InChI=1S/C14H19ClN2O/c1-14(2)8-7-10(16)9-17(14)13(18)11-5-3-4-6-12(11)15/h3-6,10H,7-9,16H2,1-2H3. The SMILES string of the molecule is CC1(C)CCC(N)CN1C(=O)c1ccccc1Cl. The monoisotopic (exact) mass is 266 g/mol. The quantitative estimate of drug-likeness (QED) is 0.850. The molecule has 18 heavy (non-hydrogen) atoms. The average Bonchev–Trinajstić information content (AvgIpc) is 2.32. The lowest BCUT2D eigenvalue weighted by molar-refractivity contribution is 0.0395. The summed E-state index contributed by atoms with van der Waals surface area (Å²) in [6, 6.07) is 7.22. The fraction of sp³-hybridized carbons (Fsp3) is 0.500. The van der Waals surface area contributed by atoms with Crippen molar-refractivity contribution in [2.75, 3.05) is 6.54 Å². The van der Waals surface area contributed by atoms with Crippen LogP contribution in [-0.4, -0.2) is 28.9 Å². The number of nitrogens with zero attached hydrogens (tertiary/aromatic N) is 1. The number of nitrogens with two attached hydrogens (primary N) is 1. The summed E-state index contributed by atoms with van der Waals surface area (Å²) in [5.74, 6) is -0.0271. The summed E-state index contributed by atoms with van der Waals surface area (Å²) < 4.78 is 0. The number of piperidine rings is 1. The van der Waals surface area contributed by atoms with E-state index in [1.54, 1.807) is 12.1 Å². The summed E-state index contributed by atoms with van der Waals surface area (Å²) in [5, 5.41) is 0.498. The highest BCUT2D eigenvalue weighted by molar-refractivity contribution is 6.33. The molecule has 1 unspecified atom stereocenters. The van der Waals surface area contributed by atoms with E-state index in [9.17, 15) is 4.79 Å². The number of carbonyl (C=O) groups is 1. The first-order chi connectivity index (χ1) is 8.42. The van der Waals surface area contributed by atoms with Crippen LogP contribution in [-0.2, 0) is 0 Å². The van der Waals surface area contributed by atoms with Crippen LogP contribution in [0, 0.1) is 0 Å². The summed E-state index contributed by atoms with van der Waals surface area (Å²) in [6.07, 6.45) is 1.88. The summed E-state index contributed by atoms with van der Waals surface area (Å²) in [7, 11) is 0. The van der Waals surface area contributed by atoms with Gasteiger partial charge in [0.1, 0.15) is 0 Å². The maximum absolute atomic E-state index is 12.6. The van der Waals surface area contributed by atoms with E-state index in [1.165, 1.54) is 0 Å². The van der Waals surface area contributed by atoms with E-state index >= 15 is 0 Å². The summed E-state index contributed by atoms with van der Waals surface area (Å²) in [6.45, 7) is 4.75. The lowest BCUT2D eigenvalue weighted by atomic mass is 9.87. The molecule has 1 aliphatic heterocycles. The Labute approximate surface area is 113 Å². The molecule has 1 aromatic rings. The van der Waals surface area contributed by atoms with E-state index in [0.717, 1.165) is 12.8 Å². The predicted molar refractivity (Wildman–Crippen MR) is 73.8 cm³/mol. The number of hydrogen-bond donors (Lipinski definition) is 1. The van der Waals surface area contributed by atoms with E-state index in [1.807, 2.05) is 17.0 Å². The van der Waals surface area contributed by atoms with Crippen molar-refractivity contribution in [1.82, 2.24) is 4.90 Å². The van der Waals surface area contributed by atoms with Gasteiger partial charge in [0, 0.05) is 18.1 Å². The Morgan fingerprint density at radius 3 is 2.78 bits per heavy atom. The predicted octanol–water partition coefficient (Wildman–Crippen LogP) is 2.68. The molecule has 1 atom stereocenters. The van der Waals surface area contributed by atoms with E-state index in [0.29, 0.717) is 17.1 Å². The molecular formula is C14H19ClN2O. The molecule has 1 aliphatic rings. The summed E-state index contributed by atoms with van der Waals surface area (Å²) in [4.78, 5) is 14.4. The first-order valence-electron chi connectivity index (χ1n) is 6.24. The molecule has 2 rings (SSSR count). The molecule has 0 aliphatic carbocycles. The molecule has 1 fully saturated rings. The van der Waals surface area contributed by atoms with Gasteiger partial charge in [0.05, 0.1) is 10.6 Å². The fourth-order valence-corrected chi connectivity index (χ4v) is 2.60. The van der Waals surface area contributed by atoms with Gasteiger partial charge in [-0.2, -0.15) is 0 Å². The van der Waals surface area contributed by atoms with Gasteiger partial charge in [0.25, 0.3) is 5.91 Å². The third-order valence-corrected chi connectivity index (χ3v) is 3.95. The normalized spacial score (nSPS) is 22.9. The second kappa shape index (κ2) is 4.90. The highest BCUT2D eigenvalue weighted by Gasteiger charge is 2.36. The zero-order valence-corrected chi connectivity index (χ0v) is 11.6. The Morgan fingerprint density at radius 2 is 2.11 bits per heavy atom. The molecular weight excluding hydrogens is 248 g/mol. The van der Waals surface area contributed by atoms with Gasteiger partial charge in [0.15, 0.2) is 0 Å². The van der Waals surface area contributed by atoms with Crippen LogP contribution in [0.25, 0.3) is 0 Å². The molecule has 3 nitrogen and oxygen atoms in total. The molecule has 4 heteroatoms. The lowest BCUT2D eigenvalue weighted by Crippen LogP contribution is -2.56. The number of carbonyl (C=O) groups excluding carboxylic acids is 1. The molecule has 1 heterocycles. The Bertz CT molecular complexity index is 459. The van der Waals surface area contributed by atoms with Gasteiger partial charge in [-0.25, -0.2) is 0 Å². The number of benzene rings is 1. The van der Waals surface area contributed by atoms with Crippen molar-refractivity contribution >= 4 is 17.5 Å². The minimum absolute atomic E-state index is 0.0271. The van der Waals surface area contributed by atoms with Crippen molar-refractivity contribution in [3.63, 3.8) is 0 Å². The van der Waals surface area contributed by atoms with Gasteiger partial charge in [-0.3, -0.25) is 4.79 Å². The molecule has 98 valence electrons. The first-order valence-corrected chi connectivity index (χ1v) is 6.62. The smallest absolute Gasteiger partial charge is 0.255 e. The molecule has 0 radical (unpaired) electrons. The third-order valence-electron chi connectivity index (χ3n) is 3.62. The topological polar surface area (TPSA) is 46.3 Å². The zero-order valence-electron chi connectivity index (χ0n) is 10.8. The largest absolute Gasteiger partial charge is 0.332 e. The summed E-state index contributed by atoms with van der Waals surface area (Å²) >= 11 is 6.09. The lowest BCUT2D eigenvalue weighted by Gasteiger charge is -2.44. The van der Waals surface area contributed by atoms with Gasteiger partial charge in [0.2, 0.25) is 0 Å². The van der Waals surface area contributed by atoms with Crippen molar-refractivity contribution in [2.24, 2.45) is 5.73 Å². The highest BCUT2D eigenvalue weighted by atomic mass is 35.5. The van der Waals surface area contributed by atoms with Crippen molar-refractivity contribution < 1.29 is 4.79 Å². The van der Waals surface area contributed by atoms with Crippen LogP contribution in [0.4, 0.5) is 0 Å². The Hall–Kier alpha value is -1.06. The van der Waals surface area contributed by atoms with E-state index in [2.05, 4.69) is 13.8 Å². The Balaban J connectivity index is 2.30. The Kier molecular flexibility index (Phi) is 3.64. The second-order valence-corrected chi connectivity index (χ2v) is 5.91. The molecule has 1 saturated heterocycles. The molecule has 0 bridgehead atoms. The second-order valence-electron chi connectivity index (χ2n) is 5.51. The van der Waals surface area contributed by atoms with Crippen LogP contribution in [0.5, 0.6) is 0 Å². The van der Waals surface area contributed by atoms with Gasteiger partial charge in [-0.05, 0) is 38.8 Å². The highest BCUT2D eigenvalue weighted by Crippen LogP contribution is 2.29. The van der Waals surface area contributed by atoms with E-state index in [4.69, 9.17) is 17.3 Å². The van der Waals surface area contributed by atoms with Crippen LogP contribution >= 0.6 is 11.6 Å². The summed E-state index contributed by atoms with van der Waals surface area (Å²) in [5.41, 5.74) is 6.37. The van der Waals surface area contributed by atoms with Crippen LogP contribution in [0.1, 0.15) is 37.0 Å². The van der Waals surface area contributed by atoms with Crippen molar-refractivity contribution in [1.29, 1.82) is 0 Å². The van der Waals surface area contributed by atoms with Crippen LogP contribution in [0.15, 0.2) is 24.3 Å². The minimum atomic E-state index is -0.161. The maximum atomic E-state index is 12.6. The van der Waals surface area contributed by atoms with Gasteiger partial charge in [-0.1, -0.05) is 23.7 Å². The molecule has 0 aromatic heterocycles. The third kappa shape index (κ3) is 2.52. The maximum Gasteiger partial charge on any atom is 0.255 e. The Morgan fingerprint density at radius 1 is 1.44 bits per heavy atom. The van der Waals surface area contributed by atoms with E-state index < -0.39 is 0 Å². The van der Waals surface area contributed by atoms with Gasteiger partial charge in [-0.15, -0.1) is 0 Å². The van der Waals surface area contributed by atoms with Crippen molar-refractivity contribution in [3.05, 3.63) is 34.9 Å². The minimum Gasteiger partial charge on any atom is -0.332 e. The van der Waals surface area contributed by atoms with Gasteiger partial charge >= 0.3 is 0 Å². The number of rotatable bonds is 1. The zero-order chi connectivity index (χ0) is 13.3. The first kappa shape index (κ1) is 13.4. The van der Waals surface area contributed by atoms with Crippen LogP contribution in [0.3, 0.4) is 0 Å².